The molecule has 0 radical (unpaired) electrons. The lowest BCUT2D eigenvalue weighted by atomic mass is 10.1. The average Bonchev–Trinajstić information content (AvgIpc) is 2.99. The zero-order chi connectivity index (χ0) is 19.7. The number of carbonyl (C=O) groups excluding carboxylic acids is 1. The molecule has 28 heavy (non-hydrogen) atoms. The Labute approximate surface area is 168 Å². The highest BCUT2D eigenvalue weighted by molar-refractivity contribution is 9.10. The van der Waals surface area contributed by atoms with Gasteiger partial charge in [-0.25, -0.2) is 13.8 Å². The molecule has 0 saturated carbocycles. The molecule has 1 heterocycles. The molecule has 0 atom stereocenters. The molecule has 1 aliphatic heterocycles. The van der Waals surface area contributed by atoms with Crippen molar-refractivity contribution in [2.45, 2.75) is 0 Å². The highest BCUT2D eigenvalue weighted by Gasteiger charge is 2.32. The number of aliphatic imine (C=N–C) groups is 1. The summed E-state index contributed by atoms with van der Waals surface area (Å²) < 4.78 is 27.6. The molecule has 0 N–H and O–H groups in total. The highest BCUT2D eigenvalue weighted by atomic mass is 79.9. The van der Waals surface area contributed by atoms with Crippen molar-refractivity contribution in [1.82, 2.24) is 0 Å². The van der Waals surface area contributed by atoms with Gasteiger partial charge >= 0.3 is 0 Å². The van der Waals surface area contributed by atoms with Gasteiger partial charge in [-0.3, -0.25) is 9.69 Å². The summed E-state index contributed by atoms with van der Waals surface area (Å²) in [6, 6.07) is 18.8. The SMILES string of the molecule is O=C1/C(=C\c2cccc(Br)c2)N=C(c2ccc(F)cc2)N1c1ccc(F)cc1. The number of halogens is 3. The number of benzene rings is 3. The molecule has 0 aromatic heterocycles. The van der Waals surface area contributed by atoms with Gasteiger partial charge in [0.15, 0.2) is 0 Å². The van der Waals surface area contributed by atoms with Gasteiger partial charge in [0.05, 0.1) is 5.69 Å². The summed E-state index contributed by atoms with van der Waals surface area (Å²) in [6.07, 6.45) is 1.68. The molecule has 0 fully saturated rings. The van der Waals surface area contributed by atoms with Crippen LogP contribution in [0.25, 0.3) is 6.08 Å². The first-order chi connectivity index (χ1) is 13.5. The van der Waals surface area contributed by atoms with E-state index in [4.69, 9.17) is 0 Å². The Hall–Kier alpha value is -3.12. The minimum absolute atomic E-state index is 0.238. The van der Waals surface area contributed by atoms with Crippen LogP contribution in [0.15, 0.2) is 88.0 Å². The first-order valence-corrected chi connectivity index (χ1v) is 9.22. The van der Waals surface area contributed by atoms with Crippen LogP contribution in [-0.4, -0.2) is 11.7 Å². The number of anilines is 1. The van der Waals surface area contributed by atoms with Crippen LogP contribution in [0.4, 0.5) is 14.5 Å². The molecule has 3 aromatic rings. The monoisotopic (exact) mass is 438 g/mol. The Morgan fingerprint density at radius 3 is 2.18 bits per heavy atom. The van der Waals surface area contributed by atoms with E-state index >= 15 is 0 Å². The minimum atomic E-state index is -0.402. The Morgan fingerprint density at radius 1 is 0.893 bits per heavy atom. The lowest BCUT2D eigenvalue weighted by Crippen LogP contribution is -2.32. The predicted molar refractivity (Wildman–Crippen MR) is 109 cm³/mol. The Balaban J connectivity index is 1.82. The average molecular weight is 439 g/mol. The van der Waals surface area contributed by atoms with E-state index in [0.717, 1.165) is 10.0 Å². The van der Waals surface area contributed by atoms with E-state index in [-0.39, 0.29) is 17.4 Å². The number of carbonyl (C=O) groups is 1. The summed E-state index contributed by atoms with van der Waals surface area (Å²) in [7, 11) is 0. The van der Waals surface area contributed by atoms with Crippen LogP contribution in [-0.2, 0) is 4.79 Å². The molecule has 3 aromatic carbocycles. The summed E-state index contributed by atoms with van der Waals surface area (Å²) in [5.41, 5.74) is 2.10. The van der Waals surface area contributed by atoms with Gasteiger partial charge in [0.25, 0.3) is 5.91 Å². The second-order valence-corrected chi connectivity index (χ2v) is 7.06. The van der Waals surface area contributed by atoms with Crippen LogP contribution in [0, 0.1) is 11.6 Å². The number of amidine groups is 1. The molecule has 0 aliphatic carbocycles. The lowest BCUT2D eigenvalue weighted by Gasteiger charge is -2.18. The van der Waals surface area contributed by atoms with Crippen molar-refractivity contribution in [3.63, 3.8) is 0 Å². The zero-order valence-corrected chi connectivity index (χ0v) is 16.0. The molecule has 0 unspecified atom stereocenters. The van der Waals surface area contributed by atoms with E-state index in [0.29, 0.717) is 17.1 Å². The Bertz CT molecular complexity index is 1110. The largest absolute Gasteiger partial charge is 0.282 e. The van der Waals surface area contributed by atoms with Crippen molar-refractivity contribution >= 4 is 39.4 Å². The zero-order valence-electron chi connectivity index (χ0n) is 14.4. The summed E-state index contributed by atoms with van der Waals surface area (Å²) in [5.74, 6) is -0.767. The first kappa shape index (κ1) is 18.3. The second-order valence-electron chi connectivity index (χ2n) is 6.14. The van der Waals surface area contributed by atoms with Crippen LogP contribution in [0.1, 0.15) is 11.1 Å². The quantitative estimate of drug-likeness (QED) is 0.492. The summed E-state index contributed by atoms with van der Waals surface area (Å²) >= 11 is 3.41. The highest BCUT2D eigenvalue weighted by Crippen LogP contribution is 2.28. The molecule has 1 aliphatic rings. The van der Waals surface area contributed by atoms with Crippen molar-refractivity contribution in [2.24, 2.45) is 4.99 Å². The lowest BCUT2D eigenvalue weighted by molar-refractivity contribution is -0.113. The normalized spacial score (nSPS) is 15.2. The van der Waals surface area contributed by atoms with Crippen LogP contribution >= 0.6 is 15.9 Å². The van der Waals surface area contributed by atoms with Crippen molar-refractivity contribution in [3.8, 4) is 0 Å². The number of hydrogen-bond donors (Lipinski definition) is 0. The van der Waals surface area contributed by atoms with Crippen molar-refractivity contribution in [3.05, 3.63) is 106 Å². The van der Waals surface area contributed by atoms with Crippen LogP contribution in [0.2, 0.25) is 0 Å². The van der Waals surface area contributed by atoms with Gasteiger partial charge in [0, 0.05) is 10.0 Å². The van der Waals surface area contributed by atoms with E-state index in [2.05, 4.69) is 20.9 Å². The maximum absolute atomic E-state index is 13.3. The van der Waals surface area contributed by atoms with E-state index in [1.807, 2.05) is 24.3 Å². The Kier molecular flexibility index (Phi) is 4.88. The smallest absolute Gasteiger partial charge is 0.266 e. The minimum Gasteiger partial charge on any atom is -0.266 e. The third kappa shape index (κ3) is 3.64. The van der Waals surface area contributed by atoms with E-state index in [1.165, 1.54) is 41.3 Å². The van der Waals surface area contributed by atoms with Gasteiger partial charge in [0.1, 0.15) is 23.2 Å². The number of nitrogens with zero attached hydrogens (tertiary/aromatic N) is 2. The molecule has 0 spiro atoms. The maximum Gasteiger partial charge on any atom is 0.282 e. The standard InChI is InChI=1S/C22H13BrF2N2O/c23-16-3-1-2-14(12-16)13-20-22(28)27(19-10-8-18(25)9-11-19)21(26-20)15-4-6-17(24)7-5-15/h1-13H/b20-13+. The van der Waals surface area contributed by atoms with Crippen molar-refractivity contribution < 1.29 is 13.6 Å². The second kappa shape index (κ2) is 7.48. The van der Waals surface area contributed by atoms with Crippen molar-refractivity contribution in [1.29, 1.82) is 0 Å². The van der Waals surface area contributed by atoms with Gasteiger partial charge < -0.3 is 0 Å². The topological polar surface area (TPSA) is 32.7 Å². The van der Waals surface area contributed by atoms with Crippen LogP contribution < -0.4 is 4.90 Å². The van der Waals surface area contributed by atoms with Gasteiger partial charge in [-0.15, -0.1) is 0 Å². The summed E-state index contributed by atoms with van der Waals surface area (Å²) in [5, 5.41) is 0. The fourth-order valence-corrected chi connectivity index (χ4v) is 3.31. The first-order valence-electron chi connectivity index (χ1n) is 8.43. The maximum atomic E-state index is 13.3. The van der Waals surface area contributed by atoms with E-state index in [1.54, 1.807) is 18.2 Å². The van der Waals surface area contributed by atoms with Crippen molar-refractivity contribution in [2.75, 3.05) is 4.90 Å². The molecule has 138 valence electrons. The molecular formula is C22H13BrF2N2O. The molecule has 6 heteroatoms. The van der Waals surface area contributed by atoms with E-state index < -0.39 is 5.82 Å². The third-order valence-electron chi connectivity index (χ3n) is 4.20. The number of rotatable bonds is 3. The van der Waals surface area contributed by atoms with Gasteiger partial charge in [-0.2, -0.15) is 0 Å². The summed E-state index contributed by atoms with van der Waals surface area (Å²) in [6.45, 7) is 0. The van der Waals surface area contributed by atoms with Gasteiger partial charge in [-0.1, -0.05) is 28.1 Å². The molecule has 1 amide bonds. The fourth-order valence-electron chi connectivity index (χ4n) is 2.89. The van der Waals surface area contributed by atoms with Gasteiger partial charge in [0.2, 0.25) is 0 Å². The molecule has 3 nitrogen and oxygen atoms in total. The van der Waals surface area contributed by atoms with Crippen LogP contribution in [0.3, 0.4) is 0 Å². The van der Waals surface area contributed by atoms with Crippen LogP contribution in [0.5, 0.6) is 0 Å². The fraction of sp³-hybridized carbons (Fsp3) is 0. The number of amides is 1. The molecule has 0 bridgehead atoms. The van der Waals surface area contributed by atoms with E-state index in [9.17, 15) is 13.6 Å². The Morgan fingerprint density at radius 2 is 1.54 bits per heavy atom. The third-order valence-corrected chi connectivity index (χ3v) is 4.69. The van der Waals surface area contributed by atoms with Gasteiger partial charge in [-0.05, 0) is 72.3 Å². The molecule has 0 saturated heterocycles. The summed E-state index contributed by atoms with van der Waals surface area (Å²) in [4.78, 5) is 19.0. The number of hydrogen-bond acceptors (Lipinski definition) is 2. The molecule has 4 rings (SSSR count). The predicted octanol–water partition coefficient (Wildman–Crippen LogP) is 5.56. The molecular weight excluding hydrogens is 426 g/mol.